The molecule has 4 aromatic rings. The van der Waals surface area contributed by atoms with Gasteiger partial charge < -0.3 is 10.6 Å². The predicted octanol–water partition coefficient (Wildman–Crippen LogP) is 18.1. The Hall–Kier alpha value is -3.73. The van der Waals surface area contributed by atoms with Gasteiger partial charge in [0.1, 0.15) is 0 Å². The number of anilines is 4. The van der Waals surface area contributed by atoms with E-state index in [1.54, 1.807) is 11.1 Å². The maximum Gasteiger partial charge on any atom is 0.232 e. The van der Waals surface area contributed by atoms with Crippen LogP contribution in [0.25, 0.3) is 11.4 Å². The van der Waals surface area contributed by atoms with Gasteiger partial charge in [0.15, 0.2) is 5.82 Å². The lowest BCUT2D eigenvalue weighted by atomic mass is 9.89. The molecule has 1 radical (unpaired) electrons. The highest BCUT2D eigenvalue weighted by atomic mass is 15.2. The molecule has 0 atom stereocenters. The fraction of sp³-hybridized carbons (Fsp3) is 0.627. The second-order valence-electron chi connectivity index (χ2n) is 18.9. The standard InChI is InChI=1S/C59H92N5/c1-8-15-21-27-33-49-43-53(44-50(34-28-22-16-9-2)55(49)37-31-25-19-12-5)60-58-62-57(48-41-39-47(14-7)40-42-48)63-59(64-58)61-54-45-51(35-29-23-17-10-3)56(38-32-26-20-13-6)52(46-54)36-30-24-18-11-4/h39-46H,7-38H2,1-6H3,(H2,60,61,62,63,64). The lowest BCUT2D eigenvalue weighted by molar-refractivity contribution is 0.639. The Morgan fingerprint density at radius 3 is 0.984 bits per heavy atom. The maximum atomic E-state index is 5.18. The SMILES string of the molecule is [CH2]Cc1ccc(-c2nc(Nc3cc(CCCCCC)c(CCCCCC)c(CCCCCC)c3)nc(Nc3cc(CCCCCC)c(CCCCCC)c(CCCCCC)c3)n2)cc1. The monoisotopic (exact) mass is 871 g/mol. The molecule has 0 saturated carbocycles. The summed E-state index contributed by atoms with van der Waals surface area (Å²) in [7, 11) is 0. The van der Waals surface area contributed by atoms with E-state index >= 15 is 0 Å². The van der Waals surface area contributed by atoms with Crippen LogP contribution in [-0.2, 0) is 44.9 Å². The first-order chi connectivity index (χ1) is 31.5. The Kier molecular flexibility index (Phi) is 26.5. The van der Waals surface area contributed by atoms with E-state index < -0.39 is 0 Å². The molecule has 0 aliphatic heterocycles. The first kappa shape index (κ1) is 52.9. The Bertz CT molecular complexity index is 1670. The number of hydrogen-bond donors (Lipinski definition) is 2. The molecule has 1 aromatic heterocycles. The third kappa shape index (κ3) is 19.0. The van der Waals surface area contributed by atoms with Crippen LogP contribution in [0.4, 0.5) is 23.3 Å². The van der Waals surface area contributed by atoms with Crippen LogP contribution in [0.2, 0.25) is 0 Å². The van der Waals surface area contributed by atoms with E-state index in [1.165, 1.54) is 195 Å². The van der Waals surface area contributed by atoms with Crippen LogP contribution in [0.1, 0.15) is 235 Å². The van der Waals surface area contributed by atoms with Crippen LogP contribution < -0.4 is 10.6 Å². The van der Waals surface area contributed by atoms with E-state index in [-0.39, 0.29) is 0 Å². The number of aromatic nitrogens is 3. The molecule has 5 heteroatoms. The molecular weight excluding hydrogens is 779 g/mol. The van der Waals surface area contributed by atoms with Crippen molar-refractivity contribution in [3.05, 3.63) is 94.4 Å². The number of unbranched alkanes of at least 4 members (excludes halogenated alkanes) is 18. The Labute approximate surface area is 393 Å². The zero-order valence-corrected chi connectivity index (χ0v) is 42.1. The van der Waals surface area contributed by atoms with Crippen LogP contribution in [0.5, 0.6) is 0 Å². The second-order valence-corrected chi connectivity index (χ2v) is 18.9. The summed E-state index contributed by atoms with van der Waals surface area (Å²) in [6.45, 7) is 18.0. The molecule has 5 nitrogen and oxygen atoms in total. The summed E-state index contributed by atoms with van der Waals surface area (Å²) in [6.07, 6.45) is 38.3. The fourth-order valence-corrected chi connectivity index (χ4v) is 9.40. The van der Waals surface area contributed by atoms with E-state index in [1.807, 2.05) is 0 Å². The highest BCUT2D eigenvalue weighted by Gasteiger charge is 2.17. The van der Waals surface area contributed by atoms with Gasteiger partial charge in [-0.25, -0.2) is 0 Å². The largest absolute Gasteiger partial charge is 0.324 e. The van der Waals surface area contributed by atoms with Gasteiger partial charge in [-0.15, -0.1) is 0 Å². The first-order valence-electron chi connectivity index (χ1n) is 26.9. The molecule has 0 aliphatic carbocycles. The van der Waals surface area contributed by atoms with Crippen molar-refractivity contribution in [1.29, 1.82) is 0 Å². The van der Waals surface area contributed by atoms with E-state index in [9.17, 15) is 0 Å². The average molecular weight is 871 g/mol. The number of nitrogens with zero attached hydrogens (tertiary/aromatic N) is 3. The van der Waals surface area contributed by atoms with Gasteiger partial charge in [0.25, 0.3) is 0 Å². The molecule has 0 aliphatic rings. The molecule has 4 rings (SSSR count). The molecule has 2 N–H and O–H groups in total. The molecule has 0 spiro atoms. The summed E-state index contributed by atoms with van der Waals surface area (Å²) in [6, 6.07) is 18.3. The summed E-state index contributed by atoms with van der Waals surface area (Å²) in [5.41, 5.74) is 13.7. The molecule has 353 valence electrons. The van der Waals surface area contributed by atoms with E-state index in [0.29, 0.717) is 17.7 Å². The molecule has 0 bridgehead atoms. The zero-order chi connectivity index (χ0) is 45.6. The highest BCUT2D eigenvalue weighted by Crippen LogP contribution is 2.32. The molecule has 0 fully saturated rings. The molecular formula is C59H92N5. The van der Waals surface area contributed by atoms with E-state index in [2.05, 4.69) is 108 Å². The summed E-state index contributed by atoms with van der Waals surface area (Å²) in [5, 5.41) is 7.57. The lowest BCUT2D eigenvalue weighted by Crippen LogP contribution is -2.09. The summed E-state index contributed by atoms with van der Waals surface area (Å²) in [4.78, 5) is 15.5. The van der Waals surface area contributed by atoms with Gasteiger partial charge in [-0.3, -0.25) is 0 Å². The van der Waals surface area contributed by atoms with Crippen LogP contribution >= 0.6 is 0 Å². The normalized spacial score (nSPS) is 11.4. The summed E-state index contributed by atoms with van der Waals surface area (Å²) in [5.74, 6) is 1.85. The van der Waals surface area contributed by atoms with Crippen molar-refractivity contribution < 1.29 is 0 Å². The fourth-order valence-electron chi connectivity index (χ4n) is 9.40. The second kappa shape index (κ2) is 32.0. The molecule has 3 aromatic carbocycles. The zero-order valence-electron chi connectivity index (χ0n) is 42.1. The predicted molar refractivity (Wildman–Crippen MR) is 281 cm³/mol. The quantitative estimate of drug-likeness (QED) is 0.0446. The van der Waals surface area contributed by atoms with Gasteiger partial charge in [0.2, 0.25) is 11.9 Å². The van der Waals surface area contributed by atoms with Gasteiger partial charge in [-0.1, -0.05) is 181 Å². The molecule has 64 heavy (non-hydrogen) atoms. The minimum absolute atomic E-state index is 0.588. The minimum Gasteiger partial charge on any atom is -0.324 e. The van der Waals surface area contributed by atoms with Crippen LogP contribution in [0.15, 0.2) is 48.5 Å². The van der Waals surface area contributed by atoms with Crippen molar-refractivity contribution in [3.8, 4) is 11.4 Å². The smallest absolute Gasteiger partial charge is 0.232 e. The van der Waals surface area contributed by atoms with Crippen LogP contribution in [0.3, 0.4) is 0 Å². The minimum atomic E-state index is 0.588. The number of rotatable bonds is 36. The van der Waals surface area contributed by atoms with Gasteiger partial charge in [0, 0.05) is 16.9 Å². The molecule has 1 heterocycles. The van der Waals surface area contributed by atoms with Gasteiger partial charge in [-0.05, 0) is 154 Å². The first-order valence-corrected chi connectivity index (χ1v) is 26.9. The van der Waals surface area contributed by atoms with Gasteiger partial charge in [-0.2, -0.15) is 15.0 Å². The van der Waals surface area contributed by atoms with Crippen LogP contribution in [-0.4, -0.2) is 15.0 Å². The third-order valence-electron chi connectivity index (χ3n) is 13.3. The van der Waals surface area contributed by atoms with Crippen molar-refractivity contribution in [2.75, 3.05) is 10.6 Å². The number of hydrogen-bond acceptors (Lipinski definition) is 5. The topological polar surface area (TPSA) is 62.7 Å². The lowest BCUT2D eigenvalue weighted by Gasteiger charge is -2.20. The Morgan fingerprint density at radius 1 is 0.375 bits per heavy atom. The third-order valence-corrected chi connectivity index (χ3v) is 13.3. The number of nitrogens with one attached hydrogen (secondary N) is 2. The van der Waals surface area contributed by atoms with Crippen molar-refractivity contribution >= 4 is 23.3 Å². The summed E-state index contributed by atoms with van der Waals surface area (Å²) < 4.78 is 0. The van der Waals surface area contributed by atoms with Crippen molar-refractivity contribution in [2.45, 2.75) is 241 Å². The van der Waals surface area contributed by atoms with Crippen LogP contribution in [0, 0.1) is 6.92 Å². The van der Waals surface area contributed by atoms with Crippen molar-refractivity contribution in [3.63, 3.8) is 0 Å². The van der Waals surface area contributed by atoms with Crippen molar-refractivity contribution in [1.82, 2.24) is 15.0 Å². The molecule has 0 saturated heterocycles. The molecule has 0 amide bonds. The number of aryl methyl sites for hydroxylation is 4. The highest BCUT2D eigenvalue weighted by molar-refractivity contribution is 5.66. The van der Waals surface area contributed by atoms with Crippen molar-refractivity contribution in [2.24, 2.45) is 0 Å². The maximum absolute atomic E-state index is 5.18. The van der Waals surface area contributed by atoms with Gasteiger partial charge in [0.05, 0.1) is 0 Å². The Balaban J connectivity index is 1.80. The van der Waals surface area contributed by atoms with E-state index in [4.69, 9.17) is 15.0 Å². The Morgan fingerprint density at radius 2 is 0.688 bits per heavy atom. The van der Waals surface area contributed by atoms with Gasteiger partial charge >= 0.3 is 0 Å². The van der Waals surface area contributed by atoms with E-state index in [0.717, 1.165) is 49.0 Å². The number of benzene rings is 3. The average Bonchev–Trinajstić information content (AvgIpc) is 3.30. The molecule has 0 unspecified atom stereocenters. The summed E-state index contributed by atoms with van der Waals surface area (Å²) >= 11 is 0.